The molecule has 0 bridgehead atoms. The molecular formula is C14H19N3O3. The number of fused-ring (bicyclic) bond motifs is 1. The molecule has 0 spiro atoms. The molecule has 1 aliphatic rings. The lowest BCUT2D eigenvalue weighted by Crippen LogP contribution is -2.46. The zero-order valence-corrected chi connectivity index (χ0v) is 11.7. The van der Waals surface area contributed by atoms with Crippen LogP contribution in [0.15, 0.2) is 24.3 Å². The highest BCUT2D eigenvalue weighted by molar-refractivity contribution is 5.97. The normalized spacial score (nSPS) is 13.8. The topological polar surface area (TPSA) is 70.7 Å². The number of nitrogens with one attached hydrogen (secondary N) is 2. The predicted octanol–water partition coefficient (Wildman–Crippen LogP) is 1.12. The first-order valence-corrected chi connectivity index (χ1v) is 6.64. The molecule has 1 heterocycles. The quantitative estimate of drug-likeness (QED) is 0.866. The number of nitrogens with zero attached hydrogens (tertiary/aromatic N) is 1. The lowest BCUT2D eigenvalue weighted by molar-refractivity contribution is -0.121. The van der Waals surface area contributed by atoms with Crippen LogP contribution < -0.4 is 20.3 Å². The molecule has 20 heavy (non-hydrogen) atoms. The largest absolute Gasteiger partial charge is 0.482 e. The van der Waals surface area contributed by atoms with Crippen LogP contribution in [-0.2, 0) is 4.79 Å². The summed E-state index contributed by atoms with van der Waals surface area (Å²) in [5.74, 6) is 0.591. The number of hydrogen-bond acceptors (Lipinski definition) is 3. The van der Waals surface area contributed by atoms with E-state index in [1.54, 1.807) is 4.90 Å². The molecule has 0 radical (unpaired) electrons. The third-order valence-corrected chi connectivity index (χ3v) is 2.85. The van der Waals surface area contributed by atoms with Crippen molar-refractivity contribution in [1.29, 1.82) is 0 Å². The summed E-state index contributed by atoms with van der Waals surface area (Å²) >= 11 is 0. The number of carbonyl (C=O) groups is 2. The van der Waals surface area contributed by atoms with Gasteiger partial charge in [0.25, 0.3) is 5.91 Å². The Labute approximate surface area is 118 Å². The van der Waals surface area contributed by atoms with Crippen LogP contribution in [0.4, 0.5) is 10.5 Å². The second kappa shape index (κ2) is 6.27. The average Bonchev–Trinajstić information content (AvgIpc) is 2.40. The molecule has 6 heteroatoms. The van der Waals surface area contributed by atoms with E-state index in [1.807, 2.05) is 38.1 Å². The van der Waals surface area contributed by atoms with Crippen molar-refractivity contribution in [3.05, 3.63) is 24.3 Å². The van der Waals surface area contributed by atoms with E-state index in [2.05, 4.69) is 10.6 Å². The van der Waals surface area contributed by atoms with Crippen LogP contribution in [0, 0.1) is 0 Å². The van der Waals surface area contributed by atoms with Gasteiger partial charge in [-0.25, -0.2) is 4.79 Å². The smallest absolute Gasteiger partial charge is 0.315 e. The van der Waals surface area contributed by atoms with Gasteiger partial charge in [-0.2, -0.15) is 0 Å². The van der Waals surface area contributed by atoms with Crippen LogP contribution in [0.5, 0.6) is 5.75 Å². The third-order valence-electron chi connectivity index (χ3n) is 2.85. The van der Waals surface area contributed by atoms with Crippen LogP contribution in [0.25, 0.3) is 0 Å². The van der Waals surface area contributed by atoms with Crippen molar-refractivity contribution in [2.24, 2.45) is 0 Å². The molecule has 6 nitrogen and oxygen atoms in total. The van der Waals surface area contributed by atoms with Crippen LogP contribution in [0.1, 0.15) is 13.8 Å². The Hall–Kier alpha value is -2.24. The zero-order valence-electron chi connectivity index (χ0n) is 11.7. The Morgan fingerprint density at radius 1 is 1.40 bits per heavy atom. The maximum Gasteiger partial charge on any atom is 0.315 e. The molecule has 2 rings (SSSR count). The predicted molar refractivity (Wildman–Crippen MR) is 76.0 cm³/mol. The van der Waals surface area contributed by atoms with Gasteiger partial charge in [0.15, 0.2) is 6.61 Å². The van der Waals surface area contributed by atoms with E-state index in [1.165, 1.54) is 0 Å². The second-order valence-electron chi connectivity index (χ2n) is 4.86. The van der Waals surface area contributed by atoms with Crippen LogP contribution >= 0.6 is 0 Å². The third kappa shape index (κ3) is 3.40. The Kier molecular flexibility index (Phi) is 4.45. The van der Waals surface area contributed by atoms with Gasteiger partial charge in [0.1, 0.15) is 5.75 Å². The number of para-hydroxylation sites is 2. The highest BCUT2D eigenvalue weighted by atomic mass is 16.5. The summed E-state index contributed by atoms with van der Waals surface area (Å²) in [7, 11) is 0. The van der Waals surface area contributed by atoms with E-state index >= 15 is 0 Å². The molecule has 0 aromatic heterocycles. The van der Waals surface area contributed by atoms with Crippen LogP contribution in [-0.4, -0.2) is 37.7 Å². The number of hydrogen-bond donors (Lipinski definition) is 2. The molecule has 1 aromatic carbocycles. The fraction of sp³-hybridized carbons (Fsp3) is 0.429. The lowest BCUT2D eigenvalue weighted by atomic mass is 10.2. The van der Waals surface area contributed by atoms with Crippen molar-refractivity contribution < 1.29 is 14.3 Å². The molecule has 2 N–H and O–H groups in total. The van der Waals surface area contributed by atoms with Crippen LogP contribution in [0.3, 0.4) is 0 Å². The monoisotopic (exact) mass is 277 g/mol. The Morgan fingerprint density at radius 3 is 2.90 bits per heavy atom. The minimum atomic E-state index is -0.228. The van der Waals surface area contributed by atoms with E-state index in [0.717, 1.165) is 5.69 Å². The first kappa shape index (κ1) is 14.2. The summed E-state index contributed by atoms with van der Waals surface area (Å²) < 4.78 is 5.36. The van der Waals surface area contributed by atoms with Gasteiger partial charge in [0.05, 0.1) is 5.69 Å². The summed E-state index contributed by atoms with van der Waals surface area (Å²) in [5, 5.41) is 5.46. The van der Waals surface area contributed by atoms with Gasteiger partial charge in [0, 0.05) is 19.1 Å². The summed E-state index contributed by atoms with van der Waals surface area (Å²) in [4.78, 5) is 25.0. The molecule has 0 saturated carbocycles. The van der Waals surface area contributed by atoms with Gasteiger partial charge < -0.3 is 20.3 Å². The number of anilines is 1. The molecule has 3 amide bonds. The number of carbonyl (C=O) groups excluding carboxylic acids is 2. The van der Waals surface area contributed by atoms with Crippen LogP contribution in [0.2, 0.25) is 0 Å². The summed E-state index contributed by atoms with van der Waals surface area (Å²) in [5.41, 5.74) is 0.745. The Morgan fingerprint density at radius 2 is 2.15 bits per heavy atom. The molecule has 1 aliphatic heterocycles. The second-order valence-corrected chi connectivity index (χ2v) is 4.86. The fourth-order valence-corrected chi connectivity index (χ4v) is 1.99. The first-order valence-electron chi connectivity index (χ1n) is 6.64. The molecule has 108 valence electrons. The van der Waals surface area contributed by atoms with Gasteiger partial charge in [-0.3, -0.25) is 4.79 Å². The van der Waals surface area contributed by atoms with E-state index < -0.39 is 0 Å². The van der Waals surface area contributed by atoms with E-state index in [-0.39, 0.29) is 24.6 Å². The molecule has 0 fully saturated rings. The van der Waals surface area contributed by atoms with Crippen molar-refractivity contribution in [1.82, 2.24) is 10.6 Å². The van der Waals surface area contributed by atoms with Gasteiger partial charge >= 0.3 is 6.03 Å². The summed E-state index contributed by atoms with van der Waals surface area (Å²) in [6, 6.07) is 7.23. The van der Waals surface area contributed by atoms with Gasteiger partial charge in [-0.1, -0.05) is 12.1 Å². The van der Waals surface area contributed by atoms with Crippen molar-refractivity contribution in [2.45, 2.75) is 19.9 Å². The molecule has 0 unspecified atom stereocenters. The van der Waals surface area contributed by atoms with Crippen molar-refractivity contribution in [3.8, 4) is 5.75 Å². The van der Waals surface area contributed by atoms with E-state index in [4.69, 9.17) is 4.74 Å². The maximum atomic E-state index is 11.9. The minimum Gasteiger partial charge on any atom is -0.482 e. The first-order chi connectivity index (χ1) is 9.58. The SMILES string of the molecule is CC(C)NC(=O)NCCN1C(=O)COc2ccccc21. The van der Waals surface area contributed by atoms with Crippen molar-refractivity contribution >= 4 is 17.6 Å². The number of urea groups is 1. The van der Waals surface area contributed by atoms with E-state index in [9.17, 15) is 9.59 Å². The maximum absolute atomic E-state index is 11.9. The number of ether oxygens (including phenoxy) is 1. The Balaban J connectivity index is 1.92. The molecular weight excluding hydrogens is 258 g/mol. The lowest BCUT2D eigenvalue weighted by Gasteiger charge is -2.29. The number of benzene rings is 1. The standard InChI is InChI=1S/C14H19N3O3/c1-10(2)16-14(19)15-7-8-17-11-5-3-4-6-12(11)20-9-13(17)18/h3-6,10H,7-9H2,1-2H3,(H2,15,16,19). The zero-order chi connectivity index (χ0) is 14.5. The summed E-state index contributed by atoms with van der Waals surface area (Å²) in [6.45, 7) is 4.63. The van der Waals surface area contributed by atoms with Crippen molar-refractivity contribution in [2.75, 3.05) is 24.6 Å². The summed E-state index contributed by atoms with van der Waals surface area (Å²) in [6.07, 6.45) is 0. The Bertz CT molecular complexity index is 502. The minimum absolute atomic E-state index is 0.0369. The van der Waals surface area contributed by atoms with E-state index in [0.29, 0.717) is 18.8 Å². The van der Waals surface area contributed by atoms with Gasteiger partial charge in [-0.05, 0) is 26.0 Å². The fourth-order valence-electron chi connectivity index (χ4n) is 1.99. The highest BCUT2D eigenvalue weighted by Crippen LogP contribution is 2.30. The van der Waals surface area contributed by atoms with Gasteiger partial charge in [-0.15, -0.1) is 0 Å². The average molecular weight is 277 g/mol. The molecule has 0 atom stereocenters. The molecule has 0 saturated heterocycles. The molecule has 0 aliphatic carbocycles. The highest BCUT2D eigenvalue weighted by Gasteiger charge is 2.24. The van der Waals surface area contributed by atoms with Gasteiger partial charge in [0.2, 0.25) is 0 Å². The molecule has 1 aromatic rings. The number of rotatable bonds is 4. The number of amides is 3. The van der Waals surface area contributed by atoms with Crippen molar-refractivity contribution in [3.63, 3.8) is 0 Å².